The highest BCUT2D eigenvalue weighted by molar-refractivity contribution is 6.32. The normalized spacial score (nSPS) is 10.2. The number of hydrogen-bond acceptors (Lipinski definition) is 3. The van der Waals surface area contributed by atoms with E-state index >= 15 is 0 Å². The molecule has 6 nitrogen and oxygen atoms in total. The number of aryl methyl sites for hydroxylation is 1. The molecule has 0 aromatic carbocycles. The first-order valence-electron chi connectivity index (χ1n) is 4.74. The molecule has 7 heteroatoms. The first-order valence-corrected chi connectivity index (χ1v) is 5.12. The SMILES string of the molecule is Cc1cnn(-c2ccnc(Cl)c2NC(=O)O)c1. The van der Waals surface area contributed by atoms with Crippen LogP contribution >= 0.6 is 11.6 Å². The summed E-state index contributed by atoms with van der Waals surface area (Å²) in [6.07, 6.45) is 3.71. The standard InChI is InChI=1S/C10H9ClN4O2/c1-6-4-13-15(5-6)7-2-3-12-9(11)8(7)14-10(16)17/h2-5,14H,1H3,(H,16,17). The van der Waals surface area contributed by atoms with Gasteiger partial charge in [-0.25, -0.2) is 14.5 Å². The van der Waals surface area contributed by atoms with E-state index in [1.54, 1.807) is 18.5 Å². The number of nitrogens with one attached hydrogen (secondary N) is 1. The lowest BCUT2D eigenvalue weighted by atomic mass is 10.3. The van der Waals surface area contributed by atoms with Crippen molar-refractivity contribution in [1.82, 2.24) is 14.8 Å². The van der Waals surface area contributed by atoms with Crippen LogP contribution in [0.5, 0.6) is 0 Å². The predicted octanol–water partition coefficient (Wildman–Crippen LogP) is 2.32. The van der Waals surface area contributed by atoms with Crippen LogP contribution < -0.4 is 5.32 Å². The summed E-state index contributed by atoms with van der Waals surface area (Å²) in [5.41, 5.74) is 1.70. The van der Waals surface area contributed by atoms with E-state index in [-0.39, 0.29) is 10.8 Å². The maximum atomic E-state index is 10.7. The number of anilines is 1. The summed E-state index contributed by atoms with van der Waals surface area (Å²) >= 11 is 5.85. The van der Waals surface area contributed by atoms with Crippen LogP contribution in [0.1, 0.15) is 5.56 Å². The van der Waals surface area contributed by atoms with Crippen molar-refractivity contribution < 1.29 is 9.90 Å². The summed E-state index contributed by atoms with van der Waals surface area (Å²) in [7, 11) is 0. The maximum Gasteiger partial charge on any atom is 0.409 e. The lowest BCUT2D eigenvalue weighted by Crippen LogP contribution is -2.11. The molecular weight excluding hydrogens is 244 g/mol. The van der Waals surface area contributed by atoms with E-state index in [2.05, 4.69) is 15.4 Å². The molecule has 0 aliphatic rings. The Labute approximate surface area is 102 Å². The van der Waals surface area contributed by atoms with Gasteiger partial charge in [-0.1, -0.05) is 11.6 Å². The van der Waals surface area contributed by atoms with Gasteiger partial charge in [-0.05, 0) is 18.6 Å². The first-order chi connectivity index (χ1) is 8.08. The average Bonchev–Trinajstić information content (AvgIpc) is 2.67. The third kappa shape index (κ3) is 2.36. The van der Waals surface area contributed by atoms with E-state index < -0.39 is 6.09 Å². The highest BCUT2D eigenvalue weighted by Crippen LogP contribution is 2.26. The van der Waals surface area contributed by atoms with Crippen molar-refractivity contribution in [3.63, 3.8) is 0 Å². The quantitative estimate of drug-likeness (QED) is 0.804. The second-order valence-electron chi connectivity index (χ2n) is 3.39. The average molecular weight is 253 g/mol. The van der Waals surface area contributed by atoms with Gasteiger partial charge in [-0.15, -0.1) is 0 Å². The van der Waals surface area contributed by atoms with Gasteiger partial charge in [0.2, 0.25) is 0 Å². The molecule has 0 fully saturated rings. The molecule has 17 heavy (non-hydrogen) atoms. The monoisotopic (exact) mass is 252 g/mol. The lowest BCUT2D eigenvalue weighted by molar-refractivity contribution is 0.209. The van der Waals surface area contributed by atoms with Gasteiger partial charge in [0.1, 0.15) is 5.69 Å². The third-order valence-corrected chi connectivity index (χ3v) is 2.36. The van der Waals surface area contributed by atoms with E-state index in [1.165, 1.54) is 10.9 Å². The smallest absolute Gasteiger partial charge is 0.409 e. The Hall–Kier alpha value is -2.08. The van der Waals surface area contributed by atoms with Crippen molar-refractivity contribution in [2.75, 3.05) is 5.32 Å². The number of hydrogen-bond donors (Lipinski definition) is 2. The zero-order valence-corrected chi connectivity index (χ0v) is 9.64. The second-order valence-corrected chi connectivity index (χ2v) is 3.75. The summed E-state index contributed by atoms with van der Waals surface area (Å²) in [4.78, 5) is 14.5. The van der Waals surface area contributed by atoms with Gasteiger partial charge in [-0.3, -0.25) is 5.32 Å². The molecule has 0 saturated carbocycles. The summed E-state index contributed by atoms with van der Waals surface area (Å²) in [6.45, 7) is 1.89. The number of aromatic nitrogens is 3. The van der Waals surface area contributed by atoms with Crippen molar-refractivity contribution in [2.24, 2.45) is 0 Å². The molecule has 0 saturated heterocycles. The topological polar surface area (TPSA) is 80.0 Å². The van der Waals surface area contributed by atoms with Gasteiger partial charge in [-0.2, -0.15) is 5.10 Å². The highest BCUT2D eigenvalue weighted by Gasteiger charge is 2.12. The number of nitrogens with zero attached hydrogens (tertiary/aromatic N) is 3. The van der Waals surface area contributed by atoms with Crippen LogP contribution in [-0.4, -0.2) is 26.0 Å². The van der Waals surface area contributed by atoms with Gasteiger partial charge in [0.25, 0.3) is 0 Å². The summed E-state index contributed by atoms with van der Waals surface area (Å²) < 4.78 is 1.54. The minimum Gasteiger partial charge on any atom is -0.465 e. The second kappa shape index (κ2) is 4.42. The number of carbonyl (C=O) groups is 1. The molecule has 0 bridgehead atoms. The van der Waals surface area contributed by atoms with Crippen LogP contribution in [-0.2, 0) is 0 Å². The van der Waals surface area contributed by atoms with Crippen molar-refractivity contribution in [2.45, 2.75) is 6.92 Å². The van der Waals surface area contributed by atoms with Gasteiger partial charge in [0.05, 0.1) is 11.9 Å². The van der Waals surface area contributed by atoms with Crippen LogP contribution in [0.3, 0.4) is 0 Å². The van der Waals surface area contributed by atoms with Crippen molar-refractivity contribution >= 4 is 23.4 Å². The van der Waals surface area contributed by atoms with Gasteiger partial charge < -0.3 is 5.11 Å². The van der Waals surface area contributed by atoms with Crippen molar-refractivity contribution in [1.29, 1.82) is 0 Å². The summed E-state index contributed by atoms with van der Waals surface area (Å²) in [5.74, 6) is 0. The Morgan fingerprint density at radius 2 is 2.35 bits per heavy atom. The number of halogens is 1. The largest absolute Gasteiger partial charge is 0.465 e. The lowest BCUT2D eigenvalue weighted by Gasteiger charge is -2.09. The molecule has 1 amide bonds. The number of pyridine rings is 1. The summed E-state index contributed by atoms with van der Waals surface area (Å²) in [5, 5.41) is 15.1. The van der Waals surface area contributed by atoms with Crippen LogP contribution in [0.25, 0.3) is 5.69 Å². The Morgan fingerprint density at radius 3 is 2.94 bits per heavy atom. The minimum absolute atomic E-state index is 0.0815. The molecule has 0 aliphatic heterocycles. The molecule has 0 unspecified atom stereocenters. The third-order valence-electron chi connectivity index (χ3n) is 2.07. The Bertz CT molecular complexity index is 567. The number of carboxylic acid groups (broad SMARTS) is 1. The van der Waals surface area contributed by atoms with Gasteiger partial charge in [0.15, 0.2) is 5.15 Å². The molecule has 2 aromatic rings. The number of amides is 1. The molecule has 88 valence electrons. The molecule has 0 aliphatic carbocycles. The predicted molar refractivity (Wildman–Crippen MR) is 62.8 cm³/mol. The first kappa shape index (κ1) is 11.4. The van der Waals surface area contributed by atoms with Gasteiger partial charge >= 0.3 is 6.09 Å². The molecule has 0 spiro atoms. The van der Waals surface area contributed by atoms with E-state index in [0.717, 1.165) is 5.56 Å². The van der Waals surface area contributed by atoms with E-state index in [9.17, 15) is 4.79 Å². The Kier molecular flexibility index (Phi) is 2.97. The minimum atomic E-state index is -1.20. The van der Waals surface area contributed by atoms with E-state index in [0.29, 0.717) is 5.69 Å². The fraction of sp³-hybridized carbons (Fsp3) is 0.100. The zero-order valence-electron chi connectivity index (χ0n) is 8.88. The molecular formula is C10H9ClN4O2. The zero-order chi connectivity index (χ0) is 12.4. The molecule has 2 aromatic heterocycles. The number of rotatable bonds is 2. The Balaban J connectivity index is 2.53. The molecule has 2 heterocycles. The molecule has 0 atom stereocenters. The Morgan fingerprint density at radius 1 is 1.59 bits per heavy atom. The van der Waals surface area contributed by atoms with Crippen LogP contribution in [0.4, 0.5) is 10.5 Å². The molecule has 2 N–H and O–H groups in total. The van der Waals surface area contributed by atoms with Crippen LogP contribution in [0.2, 0.25) is 5.15 Å². The van der Waals surface area contributed by atoms with Crippen LogP contribution in [0, 0.1) is 6.92 Å². The van der Waals surface area contributed by atoms with Crippen molar-refractivity contribution in [3.05, 3.63) is 35.4 Å². The van der Waals surface area contributed by atoms with Crippen LogP contribution in [0.15, 0.2) is 24.7 Å². The fourth-order valence-corrected chi connectivity index (χ4v) is 1.59. The summed E-state index contributed by atoms with van der Waals surface area (Å²) in [6, 6.07) is 1.63. The molecule has 2 rings (SSSR count). The van der Waals surface area contributed by atoms with E-state index in [1.807, 2.05) is 6.92 Å². The fourth-order valence-electron chi connectivity index (χ4n) is 1.38. The highest BCUT2D eigenvalue weighted by atomic mass is 35.5. The van der Waals surface area contributed by atoms with Crippen molar-refractivity contribution in [3.8, 4) is 5.69 Å². The van der Waals surface area contributed by atoms with E-state index in [4.69, 9.17) is 16.7 Å². The molecule has 0 radical (unpaired) electrons. The van der Waals surface area contributed by atoms with Gasteiger partial charge in [0, 0.05) is 12.4 Å². The maximum absolute atomic E-state index is 10.7.